The molecule has 1 aliphatic heterocycles. The Bertz CT molecular complexity index is 1110. The molecule has 0 aliphatic carbocycles. The molecule has 0 saturated heterocycles. The molecule has 24 heavy (non-hydrogen) atoms. The summed E-state index contributed by atoms with van der Waals surface area (Å²) in [5.74, 6) is -1.23. The molecule has 0 fully saturated rings. The van der Waals surface area contributed by atoms with E-state index in [4.69, 9.17) is 5.11 Å². The number of sulfone groups is 2. The van der Waals surface area contributed by atoms with E-state index in [1.54, 1.807) is 0 Å². The summed E-state index contributed by atoms with van der Waals surface area (Å²) in [6, 6.07) is 7.59. The molecule has 2 aromatic rings. The first-order valence-corrected chi connectivity index (χ1v) is 10.1. The van der Waals surface area contributed by atoms with Crippen molar-refractivity contribution in [2.45, 2.75) is 14.7 Å². The molecular weight excluding hydrogens is 352 g/mol. The fraction of sp³-hybridized carbons (Fsp3) is 0.0625. The first kappa shape index (κ1) is 16.4. The van der Waals surface area contributed by atoms with Crippen LogP contribution in [0.1, 0.15) is 21.5 Å². The lowest BCUT2D eigenvalue weighted by Crippen LogP contribution is -2.08. The molecule has 0 atom stereocenters. The van der Waals surface area contributed by atoms with Crippen LogP contribution in [0.3, 0.4) is 0 Å². The maximum Gasteiger partial charge on any atom is 0.335 e. The van der Waals surface area contributed by atoms with Crippen molar-refractivity contribution in [3.05, 3.63) is 53.1 Å². The third-order valence-corrected chi connectivity index (χ3v) is 6.69. The lowest BCUT2D eigenvalue weighted by atomic mass is 10.1. The van der Waals surface area contributed by atoms with Gasteiger partial charge >= 0.3 is 5.97 Å². The molecule has 0 saturated carbocycles. The molecule has 0 amide bonds. The van der Waals surface area contributed by atoms with Crippen molar-refractivity contribution in [2.75, 3.05) is 6.26 Å². The molecule has 3 rings (SSSR count). The Kier molecular flexibility index (Phi) is 3.61. The second-order valence-corrected chi connectivity index (χ2v) is 9.27. The second-order valence-electron chi connectivity index (χ2n) is 5.37. The molecule has 1 aliphatic rings. The molecule has 2 aromatic carbocycles. The number of carboxylic acids is 1. The van der Waals surface area contributed by atoms with Crippen molar-refractivity contribution in [1.29, 1.82) is 0 Å². The standard InChI is InChI=1S/C16H12O6S2/c1-23(19,20)13-6-7-14-11(8-13)4-2-10-3-5-12(16(17)18)9-15(10)24(14,21)22/h2-9H,1H3,(H,17,18). The van der Waals surface area contributed by atoms with Crippen molar-refractivity contribution in [3.8, 4) is 0 Å². The number of benzene rings is 2. The van der Waals surface area contributed by atoms with Gasteiger partial charge in [-0.05, 0) is 41.5 Å². The molecule has 0 spiro atoms. The van der Waals surface area contributed by atoms with Gasteiger partial charge in [-0.15, -0.1) is 0 Å². The summed E-state index contributed by atoms with van der Waals surface area (Å²) < 4.78 is 49.1. The van der Waals surface area contributed by atoms with Crippen molar-refractivity contribution in [1.82, 2.24) is 0 Å². The number of carboxylic acid groups (broad SMARTS) is 1. The van der Waals surface area contributed by atoms with E-state index in [0.717, 1.165) is 12.3 Å². The van der Waals surface area contributed by atoms with Crippen molar-refractivity contribution in [2.24, 2.45) is 0 Å². The minimum Gasteiger partial charge on any atom is -0.478 e. The monoisotopic (exact) mass is 364 g/mol. The van der Waals surface area contributed by atoms with Gasteiger partial charge in [0.2, 0.25) is 9.84 Å². The van der Waals surface area contributed by atoms with E-state index in [2.05, 4.69) is 0 Å². The van der Waals surface area contributed by atoms with Crippen LogP contribution in [0.15, 0.2) is 51.1 Å². The zero-order valence-corrected chi connectivity index (χ0v) is 14.1. The van der Waals surface area contributed by atoms with Crippen LogP contribution in [0.4, 0.5) is 0 Å². The first-order chi connectivity index (χ1) is 11.1. The van der Waals surface area contributed by atoms with Crippen LogP contribution < -0.4 is 0 Å². The van der Waals surface area contributed by atoms with E-state index >= 15 is 0 Å². The van der Waals surface area contributed by atoms with Gasteiger partial charge in [0.05, 0.1) is 20.2 Å². The Labute approximate surface area is 138 Å². The molecule has 6 nitrogen and oxygen atoms in total. The summed E-state index contributed by atoms with van der Waals surface area (Å²) >= 11 is 0. The lowest BCUT2D eigenvalue weighted by Gasteiger charge is -2.10. The summed E-state index contributed by atoms with van der Waals surface area (Å²) in [4.78, 5) is 10.9. The van der Waals surface area contributed by atoms with Crippen LogP contribution in [-0.2, 0) is 19.7 Å². The summed E-state index contributed by atoms with van der Waals surface area (Å²) in [5, 5.41) is 9.07. The largest absolute Gasteiger partial charge is 0.478 e. The maximum atomic E-state index is 12.9. The number of rotatable bonds is 2. The summed E-state index contributed by atoms with van der Waals surface area (Å²) in [6.45, 7) is 0. The van der Waals surface area contributed by atoms with Gasteiger partial charge in [0, 0.05) is 6.26 Å². The van der Waals surface area contributed by atoms with E-state index < -0.39 is 25.6 Å². The van der Waals surface area contributed by atoms with Gasteiger partial charge < -0.3 is 5.11 Å². The van der Waals surface area contributed by atoms with Gasteiger partial charge in [-0.3, -0.25) is 0 Å². The van der Waals surface area contributed by atoms with Crippen LogP contribution in [-0.4, -0.2) is 34.2 Å². The molecule has 0 bridgehead atoms. The van der Waals surface area contributed by atoms with Gasteiger partial charge in [-0.25, -0.2) is 21.6 Å². The van der Waals surface area contributed by atoms with Crippen LogP contribution in [0, 0.1) is 0 Å². The van der Waals surface area contributed by atoms with Crippen molar-refractivity contribution in [3.63, 3.8) is 0 Å². The number of hydrogen-bond donors (Lipinski definition) is 1. The lowest BCUT2D eigenvalue weighted by molar-refractivity contribution is 0.0696. The summed E-state index contributed by atoms with van der Waals surface area (Å²) in [6.07, 6.45) is 4.07. The molecule has 0 unspecified atom stereocenters. The van der Waals surface area contributed by atoms with Gasteiger partial charge in [-0.1, -0.05) is 18.2 Å². The minimum atomic E-state index is -3.98. The van der Waals surface area contributed by atoms with E-state index in [-0.39, 0.29) is 25.8 Å². The normalized spacial score (nSPS) is 15.2. The third kappa shape index (κ3) is 2.63. The Balaban J connectivity index is 2.31. The van der Waals surface area contributed by atoms with E-state index in [1.807, 2.05) is 0 Å². The van der Waals surface area contributed by atoms with E-state index in [0.29, 0.717) is 5.56 Å². The molecule has 0 radical (unpaired) electrons. The highest BCUT2D eigenvalue weighted by Gasteiger charge is 2.27. The Morgan fingerprint density at radius 2 is 1.62 bits per heavy atom. The Morgan fingerprint density at radius 3 is 2.25 bits per heavy atom. The van der Waals surface area contributed by atoms with Gasteiger partial charge in [0.15, 0.2) is 9.84 Å². The van der Waals surface area contributed by atoms with E-state index in [1.165, 1.54) is 42.5 Å². The molecule has 1 N–H and O–H groups in total. The smallest absolute Gasteiger partial charge is 0.335 e. The predicted molar refractivity (Wildman–Crippen MR) is 87.3 cm³/mol. The Morgan fingerprint density at radius 1 is 0.958 bits per heavy atom. The zero-order chi connectivity index (χ0) is 17.7. The fourth-order valence-corrected chi connectivity index (χ4v) is 4.77. The van der Waals surface area contributed by atoms with Crippen LogP contribution in [0.25, 0.3) is 12.2 Å². The third-order valence-electron chi connectivity index (χ3n) is 3.69. The highest BCUT2D eigenvalue weighted by Crippen LogP contribution is 2.33. The molecule has 1 heterocycles. The Hall–Kier alpha value is -2.45. The first-order valence-electron chi connectivity index (χ1n) is 6.75. The predicted octanol–water partition coefficient (Wildman–Crippen LogP) is 2.10. The second kappa shape index (κ2) is 5.29. The van der Waals surface area contributed by atoms with Gasteiger partial charge in [0.25, 0.3) is 0 Å². The SMILES string of the molecule is CS(=O)(=O)c1ccc2c(c1)C=Cc1ccc(C(=O)O)cc1S2(=O)=O. The van der Waals surface area contributed by atoms with Gasteiger partial charge in [0.1, 0.15) is 0 Å². The number of hydrogen-bond acceptors (Lipinski definition) is 5. The molecule has 8 heteroatoms. The van der Waals surface area contributed by atoms with Crippen LogP contribution >= 0.6 is 0 Å². The molecule has 0 aromatic heterocycles. The quantitative estimate of drug-likeness (QED) is 0.746. The molecule has 124 valence electrons. The van der Waals surface area contributed by atoms with Crippen LogP contribution in [0.2, 0.25) is 0 Å². The van der Waals surface area contributed by atoms with Gasteiger partial charge in [-0.2, -0.15) is 0 Å². The molecular formula is C16H12O6S2. The minimum absolute atomic E-state index is 0.0123. The highest BCUT2D eigenvalue weighted by molar-refractivity contribution is 7.91. The number of carbonyl (C=O) groups is 1. The number of aromatic carboxylic acids is 1. The van der Waals surface area contributed by atoms with Crippen LogP contribution in [0.5, 0.6) is 0 Å². The summed E-state index contributed by atoms with van der Waals surface area (Å²) in [7, 11) is -7.45. The zero-order valence-electron chi connectivity index (χ0n) is 12.4. The van der Waals surface area contributed by atoms with E-state index in [9.17, 15) is 21.6 Å². The fourth-order valence-electron chi connectivity index (χ4n) is 2.47. The maximum absolute atomic E-state index is 12.9. The summed E-state index contributed by atoms with van der Waals surface area (Å²) in [5.41, 5.74) is 0.449. The topological polar surface area (TPSA) is 106 Å². The average molecular weight is 364 g/mol. The van der Waals surface area contributed by atoms with Crippen molar-refractivity contribution >= 4 is 37.8 Å². The number of fused-ring (bicyclic) bond motifs is 2. The highest BCUT2D eigenvalue weighted by atomic mass is 32.2. The average Bonchev–Trinajstić information content (AvgIpc) is 2.61. The van der Waals surface area contributed by atoms with Crippen molar-refractivity contribution < 1.29 is 26.7 Å².